The predicted molar refractivity (Wildman–Crippen MR) is 106 cm³/mol. The van der Waals surface area contributed by atoms with E-state index >= 15 is 0 Å². The number of anilines is 1. The molecule has 146 valence electrons. The van der Waals surface area contributed by atoms with Crippen molar-refractivity contribution in [2.24, 2.45) is 7.05 Å². The van der Waals surface area contributed by atoms with E-state index in [9.17, 15) is 14.4 Å². The first-order valence-electron chi connectivity index (χ1n) is 8.90. The highest BCUT2D eigenvalue weighted by Crippen LogP contribution is 2.14. The molecule has 28 heavy (non-hydrogen) atoms. The van der Waals surface area contributed by atoms with Gasteiger partial charge < -0.3 is 14.6 Å². The molecular weight excluding hydrogens is 360 g/mol. The third kappa shape index (κ3) is 3.62. The summed E-state index contributed by atoms with van der Waals surface area (Å²) in [5.41, 5.74) is 0.753. The lowest BCUT2D eigenvalue weighted by atomic mass is 10.3. The first-order valence-corrected chi connectivity index (χ1v) is 8.90. The Morgan fingerprint density at radius 1 is 1.07 bits per heavy atom. The van der Waals surface area contributed by atoms with E-state index in [4.69, 9.17) is 4.74 Å². The Labute approximate surface area is 161 Å². The minimum Gasteiger partial charge on any atom is -0.488 e. The van der Waals surface area contributed by atoms with E-state index in [1.54, 1.807) is 37.7 Å². The van der Waals surface area contributed by atoms with Gasteiger partial charge in [-0.3, -0.25) is 19.1 Å². The number of amides is 1. The van der Waals surface area contributed by atoms with Crippen LogP contribution in [0.25, 0.3) is 5.69 Å². The van der Waals surface area contributed by atoms with Crippen LogP contribution in [0.4, 0.5) is 5.69 Å². The van der Waals surface area contributed by atoms with E-state index in [1.807, 2.05) is 30.3 Å². The number of carbonyl (C=O) groups is 1. The molecule has 2 aromatic heterocycles. The van der Waals surface area contributed by atoms with Crippen molar-refractivity contribution in [3.05, 3.63) is 75.1 Å². The van der Waals surface area contributed by atoms with E-state index in [0.717, 1.165) is 0 Å². The molecule has 8 heteroatoms. The van der Waals surface area contributed by atoms with Crippen LogP contribution in [-0.2, 0) is 18.4 Å². The van der Waals surface area contributed by atoms with Crippen LogP contribution in [0, 0.1) is 6.92 Å². The quantitative estimate of drug-likeness (QED) is 0.703. The third-order valence-electron chi connectivity index (χ3n) is 4.42. The zero-order valence-electron chi connectivity index (χ0n) is 16.0. The van der Waals surface area contributed by atoms with E-state index < -0.39 is 11.5 Å². The molecule has 0 aliphatic heterocycles. The number of benzene rings is 1. The van der Waals surface area contributed by atoms with Crippen molar-refractivity contribution in [3.8, 4) is 11.4 Å². The summed E-state index contributed by atoms with van der Waals surface area (Å²) in [6.45, 7) is 3.66. The number of hydrogen-bond acceptors (Lipinski definition) is 4. The van der Waals surface area contributed by atoms with Crippen molar-refractivity contribution >= 4 is 11.6 Å². The highest BCUT2D eigenvalue weighted by molar-refractivity contribution is 5.91. The number of pyridine rings is 1. The van der Waals surface area contributed by atoms with Crippen LogP contribution in [0.1, 0.15) is 12.6 Å². The molecule has 1 N–H and O–H groups in total. The highest BCUT2D eigenvalue weighted by atomic mass is 16.5. The van der Waals surface area contributed by atoms with Gasteiger partial charge in [-0.15, -0.1) is 0 Å². The number of aromatic nitrogens is 3. The fraction of sp³-hybridized carbons (Fsp3) is 0.250. The van der Waals surface area contributed by atoms with Crippen LogP contribution in [0.15, 0.2) is 58.3 Å². The van der Waals surface area contributed by atoms with Crippen LogP contribution >= 0.6 is 0 Å². The molecule has 2 heterocycles. The third-order valence-corrected chi connectivity index (χ3v) is 4.42. The Morgan fingerprint density at radius 2 is 1.79 bits per heavy atom. The molecule has 0 unspecified atom stereocenters. The predicted octanol–water partition coefficient (Wildman–Crippen LogP) is 1.68. The van der Waals surface area contributed by atoms with Crippen molar-refractivity contribution in [2.75, 3.05) is 11.9 Å². The zero-order valence-corrected chi connectivity index (χ0v) is 16.0. The second-order valence-electron chi connectivity index (χ2n) is 6.22. The van der Waals surface area contributed by atoms with E-state index in [1.165, 1.54) is 15.4 Å². The molecule has 0 aliphatic carbocycles. The summed E-state index contributed by atoms with van der Waals surface area (Å²) in [6, 6.07) is 12.3. The summed E-state index contributed by atoms with van der Waals surface area (Å²) in [4.78, 5) is 37.7. The molecule has 0 atom stereocenters. The lowest BCUT2D eigenvalue weighted by Gasteiger charge is -2.08. The minimum atomic E-state index is -0.471. The van der Waals surface area contributed by atoms with E-state index in [2.05, 4.69) is 5.32 Å². The maximum Gasteiger partial charge on any atom is 0.295 e. The number of rotatable bonds is 6. The molecule has 0 spiro atoms. The van der Waals surface area contributed by atoms with Gasteiger partial charge in [0.2, 0.25) is 5.91 Å². The molecule has 3 aromatic rings. The summed E-state index contributed by atoms with van der Waals surface area (Å²) >= 11 is 0. The maximum atomic E-state index is 12.8. The van der Waals surface area contributed by atoms with Crippen molar-refractivity contribution in [2.45, 2.75) is 20.4 Å². The summed E-state index contributed by atoms with van der Waals surface area (Å²) in [5, 5.41) is 2.64. The van der Waals surface area contributed by atoms with Gasteiger partial charge in [-0.1, -0.05) is 18.2 Å². The van der Waals surface area contributed by atoms with Gasteiger partial charge >= 0.3 is 0 Å². The lowest BCUT2D eigenvalue weighted by Crippen LogP contribution is -2.29. The van der Waals surface area contributed by atoms with E-state index in [-0.39, 0.29) is 23.5 Å². The van der Waals surface area contributed by atoms with Gasteiger partial charge in [0.05, 0.1) is 18.0 Å². The molecule has 0 radical (unpaired) electrons. The molecule has 1 amide bonds. The minimum absolute atomic E-state index is 0.181. The SMILES string of the molecule is CCOc1cccn(CC(=O)Nc2c(C)n(C)n(-c3ccccc3)c2=O)c1=O. The van der Waals surface area contributed by atoms with Crippen molar-refractivity contribution < 1.29 is 9.53 Å². The summed E-state index contributed by atoms with van der Waals surface area (Å²) < 4.78 is 9.66. The van der Waals surface area contributed by atoms with Crippen LogP contribution in [0.5, 0.6) is 5.75 Å². The second-order valence-corrected chi connectivity index (χ2v) is 6.22. The average Bonchev–Trinajstić information content (AvgIpc) is 2.89. The largest absolute Gasteiger partial charge is 0.488 e. The van der Waals surface area contributed by atoms with E-state index in [0.29, 0.717) is 18.0 Å². The van der Waals surface area contributed by atoms with Gasteiger partial charge in [0.25, 0.3) is 11.1 Å². The first-order chi connectivity index (χ1) is 13.4. The van der Waals surface area contributed by atoms with Gasteiger partial charge in [0.1, 0.15) is 12.2 Å². The van der Waals surface area contributed by atoms with Gasteiger partial charge in [0, 0.05) is 13.2 Å². The molecule has 3 rings (SSSR count). The number of nitrogens with one attached hydrogen (secondary N) is 1. The maximum absolute atomic E-state index is 12.8. The zero-order chi connectivity index (χ0) is 20.3. The highest BCUT2D eigenvalue weighted by Gasteiger charge is 2.18. The Kier molecular flexibility index (Phi) is 5.49. The van der Waals surface area contributed by atoms with Crippen molar-refractivity contribution in [1.29, 1.82) is 0 Å². The average molecular weight is 382 g/mol. The molecule has 0 saturated heterocycles. The normalized spacial score (nSPS) is 10.7. The number of para-hydroxylation sites is 1. The Bertz CT molecular complexity index is 1110. The molecule has 0 saturated carbocycles. The van der Waals surface area contributed by atoms with Gasteiger partial charge in [-0.2, -0.15) is 0 Å². The monoisotopic (exact) mass is 382 g/mol. The molecule has 0 bridgehead atoms. The lowest BCUT2D eigenvalue weighted by molar-refractivity contribution is -0.116. The molecule has 8 nitrogen and oxygen atoms in total. The number of nitrogens with zero attached hydrogens (tertiary/aromatic N) is 3. The van der Waals surface area contributed by atoms with Gasteiger partial charge in [-0.25, -0.2) is 4.68 Å². The summed E-state index contributed by atoms with van der Waals surface area (Å²) in [7, 11) is 1.75. The number of ether oxygens (including phenoxy) is 1. The fourth-order valence-electron chi connectivity index (χ4n) is 2.95. The Morgan fingerprint density at radius 3 is 2.46 bits per heavy atom. The van der Waals surface area contributed by atoms with Crippen LogP contribution in [0.3, 0.4) is 0 Å². The summed E-state index contributed by atoms with van der Waals surface area (Å²) in [6.07, 6.45) is 1.50. The van der Waals surface area contributed by atoms with Crippen LogP contribution < -0.4 is 21.2 Å². The standard InChI is InChI=1S/C20H22N4O4/c1-4-28-16-11-8-12-23(19(16)26)13-17(25)21-18-14(2)22(3)24(20(18)27)15-9-6-5-7-10-15/h5-12H,4,13H2,1-3H3,(H,21,25). The summed E-state index contributed by atoms with van der Waals surface area (Å²) in [5.74, 6) is -0.290. The van der Waals surface area contributed by atoms with Gasteiger partial charge in [-0.05, 0) is 38.1 Å². The first kappa shape index (κ1) is 19.2. The molecule has 1 aromatic carbocycles. The Hall–Kier alpha value is -3.55. The van der Waals surface area contributed by atoms with Gasteiger partial charge in [0.15, 0.2) is 5.75 Å². The fourth-order valence-corrected chi connectivity index (χ4v) is 2.95. The van der Waals surface area contributed by atoms with Crippen LogP contribution in [-0.4, -0.2) is 26.4 Å². The molecule has 0 aliphatic rings. The second kappa shape index (κ2) is 7.99. The smallest absolute Gasteiger partial charge is 0.295 e. The molecular formula is C20H22N4O4. The number of carbonyl (C=O) groups excluding carboxylic acids is 1. The van der Waals surface area contributed by atoms with Crippen molar-refractivity contribution in [3.63, 3.8) is 0 Å². The van der Waals surface area contributed by atoms with Crippen molar-refractivity contribution in [1.82, 2.24) is 13.9 Å². The number of hydrogen-bond donors (Lipinski definition) is 1. The van der Waals surface area contributed by atoms with Crippen LogP contribution in [0.2, 0.25) is 0 Å². The molecule has 0 fully saturated rings. The topological polar surface area (TPSA) is 87.3 Å². The Balaban J connectivity index is 1.87.